The van der Waals surface area contributed by atoms with Crippen molar-refractivity contribution in [1.82, 2.24) is 4.90 Å². The van der Waals surface area contributed by atoms with E-state index in [1.807, 2.05) is 0 Å². The molecule has 1 atom stereocenters. The van der Waals surface area contributed by atoms with Gasteiger partial charge in [0.1, 0.15) is 12.1 Å². The molecule has 0 aromatic heterocycles. The van der Waals surface area contributed by atoms with E-state index >= 15 is 0 Å². The van der Waals surface area contributed by atoms with Gasteiger partial charge in [0.05, 0.1) is 0 Å². The zero-order valence-corrected chi connectivity index (χ0v) is 8.29. The van der Waals surface area contributed by atoms with Gasteiger partial charge in [0, 0.05) is 19.1 Å². The van der Waals surface area contributed by atoms with Crippen molar-refractivity contribution in [3.8, 4) is 0 Å². The topological polar surface area (TPSA) is 50.9 Å². The fourth-order valence-electron chi connectivity index (χ4n) is 2.04. The minimum atomic E-state index is -0.0195. The third-order valence-corrected chi connectivity index (χ3v) is 2.93. The summed E-state index contributed by atoms with van der Waals surface area (Å²) in [6, 6.07) is 0.960. The molecule has 4 nitrogen and oxygen atoms in total. The number of hydrogen-bond donors (Lipinski definition) is 1. The minimum Gasteiger partial charge on any atom is -0.463 e. The van der Waals surface area contributed by atoms with Crippen LogP contribution in [-0.4, -0.2) is 42.2 Å². The zero-order valence-electron chi connectivity index (χ0n) is 8.29. The van der Waals surface area contributed by atoms with Gasteiger partial charge in [-0.1, -0.05) is 0 Å². The molecule has 4 heteroatoms. The van der Waals surface area contributed by atoms with E-state index in [0.717, 1.165) is 19.5 Å². The van der Waals surface area contributed by atoms with Gasteiger partial charge in [0.15, 0.2) is 0 Å². The van der Waals surface area contributed by atoms with E-state index in [4.69, 9.17) is 10.5 Å². The Morgan fingerprint density at radius 3 is 2.85 bits per heavy atom. The molecular weight excluding hydrogens is 166 g/mol. The van der Waals surface area contributed by atoms with E-state index in [-0.39, 0.29) is 5.54 Å². The van der Waals surface area contributed by atoms with Gasteiger partial charge in [-0.25, -0.2) is 4.99 Å². The normalized spacial score (nSPS) is 34.2. The summed E-state index contributed by atoms with van der Waals surface area (Å²) in [5.41, 5.74) is 5.50. The van der Waals surface area contributed by atoms with Gasteiger partial charge in [-0.05, 0) is 20.3 Å². The van der Waals surface area contributed by atoms with Crippen molar-refractivity contribution in [3.05, 3.63) is 0 Å². The lowest BCUT2D eigenvalue weighted by atomic mass is 10.0. The highest BCUT2D eigenvalue weighted by Crippen LogP contribution is 2.30. The second kappa shape index (κ2) is 2.87. The summed E-state index contributed by atoms with van der Waals surface area (Å²) in [6.45, 7) is 7.19. The summed E-state index contributed by atoms with van der Waals surface area (Å²) >= 11 is 0. The minimum absolute atomic E-state index is 0.0195. The summed E-state index contributed by atoms with van der Waals surface area (Å²) < 4.78 is 5.22. The summed E-state index contributed by atoms with van der Waals surface area (Å²) in [5.74, 6) is 0. The molecule has 0 aromatic carbocycles. The van der Waals surface area contributed by atoms with Gasteiger partial charge in [0.25, 0.3) is 6.02 Å². The highest BCUT2D eigenvalue weighted by atomic mass is 16.5. The molecule has 2 aliphatic heterocycles. The molecule has 0 saturated carbocycles. The Balaban J connectivity index is 2.05. The molecule has 2 heterocycles. The molecule has 13 heavy (non-hydrogen) atoms. The third-order valence-electron chi connectivity index (χ3n) is 2.93. The van der Waals surface area contributed by atoms with Crippen LogP contribution in [0.5, 0.6) is 0 Å². The van der Waals surface area contributed by atoms with Crippen molar-refractivity contribution in [1.29, 1.82) is 0 Å². The molecule has 2 rings (SSSR count). The fourth-order valence-corrected chi connectivity index (χ4v) is 2.04. The number of hydrogen-bond acceptors (Lipinski definition) is 4. The highest BCUT2D eigenvalue weighted by molar-refractivity contribution is 5.73. The monoisotopic (exact) mass is 183 g/mol. The average Bonchev–Trinajstić information content (AvgIpc) is 2.61. The molecule has 0 radical (unpaired) electrons. The second-order valence-corrected chi connectivity index (χ2v) is 4.28. The fraction of sp³-hybridized carbons (Fsp3) is 0.889. The molecule has 0 aliphatic carbocycles. The number of nitrogens with zero attached hydrogens (tertiary/aromatic N) is 2. The highest BCUT2D eigenvalue weighted by Gasteiger charge is 2.42. The smallest absolute Gasteiger partial charge is 0.282 e. The van der Waals surface area contributed by atoms with Crippen molar-refractivity contribution in [2.24, 2.45) is 10.7 Å². The van der Waals surface area contributed by atoms with Crippen molar-refractivity contribution < 1.29 is 4.74 Å². The number of rotatable bonds is 1. The van der Waals surface area contributed by atoms with Gasteiger partial charge in [-0.15, -0.1) is 0 Å². The van der Waals surface area contributed by atoms with Crippen LogP contribution < -0.4 is 5.73 Å². The van der Waals surface area contributed by atoms with Crippen molar-refractivity contribution in [2.75, 3.05) is 19.7 Å². The Morgan fingerprint density at radius 1 is 1.62 bits per heavy atom. The molecule has 74 valence electrons. The molecule has 1 saturated heterocycles. The van der Waals surface area contributed by atoms with Gasteiger partial charge in [-0.3, -0.25) is 4.90 Å². The maximum Gasteiger partial charge on any atom is 0.282 e. The van der Waals surface area contributed by atoms with Crippen LogP contribution in [0.3, 0.4) is 0 Å². The van der Waals surface area contributed by atoms with Crippen LogP contribution in [0.4, 0.5) is 0 Å². The van der Waals surface area contributed by atoms with E-state index < -0.39 is 0 Å². The molecule has 1 unspecified atom stereocenters. The maximum atomic E-state index is 5.52. The predicted molar refractivity (Wildman–Crippen MR) is 51.6 cm³/mol. The Bertz CT molecular complexity index is 239. The molecule has 0 aromatic rings. The standard InChI is InChI=1S/C9H17N3O/c1-7(2)12-4-3-9(5-12)6-13-8(10)11-9/h7H,3-6H2,1-2H3,(H2,10,11). The summed E-state index contributed by atoms with van der Waals surface area (Å²) in [6.07, 6.45) is 1.08. The van der Waals surface area contributed by atoms with Crippen LogP contribution in [0.1, 0.15) is 20.3 Å². The van der Waals surface area contributed by atoms with E-state index in [1.165, 1.54) is 0 Å². The number of aliphatic imine (C=N–C) groups is 1. The lowest BCUT2D eigenvalue weighted by Crippen LogP contribution is -2.35. The van der Waals surface area contributed by atoms with Crippen molar-refractivity contribution >= 4 is 6.02 Å². The molecule has 2 aliphatic rings. The number of nitrogens with two attached hydrogens (primary N) is 1. The molecule has 1 fully saturated rings. The average molecular weight is 183 g/mol. The molecular formula is C9H17N3O. The quantitative estimate of drug-likeness (QED) is 0.631. The van der Waals surface area contributed by atoms with Gasteiger partial charge in [-0.2, -0.15) is 0 Å². The second-order valence-electron chi connectivity index (χ2n) is 4.28. The van der Waals surface area contributed by atoms with Crippen LogP contribution in [0.2, 0.25) is 0 Å². The van der Waals surface area contributed by atoms with E-state index in [2.05, 4.69) is 23.7 Å². The SMILES string of the molecule is CC(C)N1CCC2(COC(N)=N2)C1. The summed E-state index contributed by atoms with van der Waals surface area (Å²) in [5, 5.41) is 0. The number of ether oxygens (including phenoxy) is 1. The van der Waals surface area contributed by atoms with Gasteiger partial charge in [0.2, 0.25) is 0 Å². The first kappa shape index (κ1) is 8.81. The molecule has 1 spiro atoms. The van der Waals surface area contributed by atoms with Crippen LogP contribution in [0.15, 0.2) is 4.99 Å². The van der Waals surface area contributed by atoms with Crippen LogP contribution >= 0.6 is 0 Å². The molecule has 0 bridgehead atoms. The first-order valence-corrected chi connectivity index (χ1v) is 4.83. The lowest BCUT2D eigenvalue weighted by Gasteiger charge is -2.22. The van der Waals surface area contributed by atoms with Crippen LogP contribution in [0, 0.1) is 0 Å². The molecule has 0 amide bonds. The lowest BCUT2D eigenvalue weighted by molar-refractivity contribution is 0.223. The Kier molecular flexibility index (Phi) is 1.95. The molecule has 2 N–H and O–H groups in total. The van der Waals surface area contributed by atoms with E-state index in [9.17, 15) is 0 Å². The first-order valence-electron chi connectivity index (χ1n) is 4.83. The zero-order chi connectivity index (χ0) is 9.47. The van der Waals surface area contributed by atoms with Crippen molar-refractivity contribution in [2.45, 2.75) is 31.8 Å². The largest absolute Gasteiger partial charge is 0.463 e. The third kappa shape index (κ3) is 1.50. The Hall–Kier alpha value is -0.770. The maximum absolute atomic E-state index is 5.52. The number of amidine groups is 1. The van der Waals surface area contributed by atoms with E-state index in [0.29, 0.717) is 18.7 Å². The number of likely N-dealkylation sites (tertiary alicyclic amines) is 1. The summed E-state index contributed by atoms with van der Waals surface area (Å²) in [4.78, 5) is 6.80. The first-order chi connectivity index (χ1) is 6.11. The van der Waals surface area contributed by atoms with Crippen molar-refractivity contribution in [3.63, 3.8) is 0 Å². The van der Waals surface area contributed by atoms with Gasteiger partial charge >= 0.3 is 0 Å². The predicted octanol–water partition coefficient (Wildman–Crippen LogP) is 0.184. The summed E-state index contributed by atoms with van der Waals surface area (Å²) in [7, 11) is 0. The van der Waals surface area contributed by atoms with Crippen LogP contribution in [-0.2, 0) is 4.74 Å². The van der Waals surface area contributed by atoms with Gasteiger partial charge < -0.3 is 10.5 Å². The Labute approximate surface area is 78.8 Å². The van der Waals surface area contributed by atoms with Crippen LogP contribution in [0.25, 0.3) is 0 Å². The van der Waals surface area contributed by atoms with E-state index in [1.54, 1.807) is 0 Å². The Morgan fingerprint density at radius 2 is 2.38 bits per heavy atom.